The number of carbonyl (C=O) groups excluding carboxylic acids is 1. The summed E-state index contributed by atoms with van der Waals surface area (Å²) in [6.45, 7) is 0.276. The molecule has 3 aromatic rings. The number of H-pyrrole nitrogens is 1. The zero-order valence-corrected chi connectivity index (χ0v) is 12.9. The van der Waals surface area contributed by atoms with Gasteiger partial charge in [0.05, 0.1) is 6.54 Å². The molecular formula is C16H14FN3O2S. The molecule has 0 radical (unpaired) electrons. The summed E-state index contributed by atoms with van der Waals surface area (Å²) in [6.07, 6.45) is 1.66. The number of aromatic nitrogens is 2. The Bertz CT molecular complexity index is 742. The van der Waals surface area contributed by atoms with E-state index in [0.717, 1.165) is 4.88 Å². The van der Waals surface area contributed by atoms with Gasteiger partial charge in [0.15, 0.2) is 12.4 Å². The number of hydrogen-bond acceptors (Lipinski definition) is 4. The van der Waals surface area contributed by atoms with Gasteiger partial charge in [0, 0.05) is 17.1 Å². The van der Waals surface area contributed by atoms with Crippen LogP contribution in [0.25, 0.3) is 0 Å². The maximum Gasteiger partial charge on any atom is 0.266 e. The highest BCUT2D eigenvalue weighted by Gasteiger charge is 2.19. The van der Waals surface area contributed by atoms with E-state index in [9.17, 15) is 9.18 Å². The summed E-state index contributed by atoms with van der Waals surface area (Å²) < 4.78 is 18.3. The Morgan fingerprint density at radius 1 is 1.26 bits per heavy atom. The molecule has 0 aliphatic heterocycles. The predicted octanol–water partition coefficient (Wildman–Crippen LogP) is 3.22. The summed E-state index contributed by atoms with van der Waals surface area (Å²) in [6, 6.07) is 11.2. The highest BCUT2D eigenvalue weighted by Crippen LogP contribution is 2.18. The van der Waals surface area contributed by atoms with Gasteiger partial charge in [-0.3, -0.25) is 14.8 Å². The van der Waals surface area contributed by atoms with E-state index < -0.39 is 0 Å². The van der Waals surface area contributed by atoms with Crippen LogP contribution >= 0.6 is 11.3 Å². The molecule has 1 amide bonds. The number of aromatic amines is 1. The SMILES string of the molecule is O=C(COc1ccc(F)cc1)N(Cc1cccs1)c1cc[nH]n1. The molecule has 23 heavy (non-hydrogen) atoms. The number of nitrogens with zero attached hydrogens (tertiary/aromatic N) is 2. The van der Waals surface area contributed by atoms with Crippen LogP contribution in [0.1, 0.15) is 4.88 Å². The fourth-order valence-electron chi connectivity index (χ4n) is 2.01. The third-order valence-electron chi connectivity index (χ3n) is 3.13. The number of benzene rings is 1. The minimum absolute atomic E-state index is 0.149. The van der Waals surface area contributed by atoms with E-state index in [-0.39, 0.29) is 18.3 Å². The van der Waals surface area contributed by atoms with Crippen molar-refractivity contribution in [2.45, 2.75) is 6.54 Å². The highest BCUT2D eigenvalue weighted by atomic mass is 32.1. The number of carbonyl (C=O) groups is 1. The van der Waals surface area contributed by atoms with E-state index in [1.54, 1.807) is 28.5 Å². The molecule has 2 aromatic heterocycles. The lowest BCUT2D eigenvalue weighted by Gasteiger charge is -2.19. The molecule has 0 fully saturated rings. The average molecular weight is 331 g/mol. The van der Waals surface area contributed by atoms with Gasteiger partial charge in [-0.15, -0.1) is 11.3 Å². The second kappa shape index (κ2) is 7.06. The minimum Gasteiger partial charge on any atom is -0.484 e. The van der Waals surface area contributed by atoms with Crippen molar-refractivity contribution in [1.29, 1.82) is 0 Å². The van der Waals surface area contributed by atoms with Gasteiger partial charge in [-0.25, -0.2) is 4.39 Å². The standard InChI is InChI=1S/C16H14FN3O2S/c17-12-3-5-13(6-4-12)22-11-16(21)20(15-7-8-18-19-15)10-14-2-1-9-23-14/h1-9H,10-11H2,(H,18,19). The molecule has 0 spiro atoms. The van der Waals surface area contributed by atoms with Crippen molar-refractivity contribution >= 4 is 23.1 Å². The van der Waals surface area contributed by atoms with Gasteiger partial charge in [0.2, 0.25) is 0 Å². The average Bonchev–Trinajstić information content (AvgIpc) is 3.25. The van der Waals surface area contributed by atoms with Crippen LogP contribution < -0.4 is 9.64 Å². The third kappa shape index (κ3) is 3.95. The van der Waals surface area contributed by atoms with Crippen molar-refractivity contribution in [3.63, 3.8) is 0 Å². The zero-order chi connectivity index (χ0) is 16.1. The molecule has 118 valence electrons. The summed E-state index contributed by atoms with van der Waals surface area (Å²) in [4.78, 5) is 15.1. The molecule has 0 bridgehead atoms. The monoisotopic (exact) mass is 331 g/mol. The molecule has 7 heteroatoms. The number of anilines is 1. The van der Waals surface area contributed by atoms with Gasteiger partial charge < -0.3 is 4.74 Å². The van der Waals surface area contributed by atoms with E-state index in [2.05, 4.69) is 10.2 Å². The number of rotatable bonds is 6. The molecule has 1 aromatic carbocycles. The Hall–Kier alpha value is -2.67. The lowest BCUT2D eigenvalue weighted by Crippen LogP contribution is -2.34. The molecular weight excluding hydrogens is 317 g/mol. The van der Waals surface area contributed by atoms with Gasteiger partial charge in [0.25, 0.3) is 5.91 Å². The van der Waals surface area contributed by atoms with Crippen molar-refractivity contribution < 1.29 is 13.9 Å². The zero-order valence-electron chi connectivity index (χ0n) is 12.1. The second-order valence-electron chi connectivity index (χ2n) is 4.73. The summed E-state index contributed by atoms with van der Waals surface area (Å²) in [7, 11) is 0. The minimum atomic E-state index is -0.348. The molecule has 0 saturated carbocycles. The van der Waals surface area contributed by atoms with E-state index >= 15 is 0 Å². The Morgan fingerprint density at radius 2 is 2.09 bits per heavy atom. The topological polar surface area (TPSA) is 58.2 Å². The molecule has 0 aliphatic rings. The third-order valence-corrected chi connectivity index (χ3v) is 3.99. The van der Waals surface area contributed by atoms with Crippen molar-refractivity contribution in [2.75, 3.05) is 11.5 Å². The van der Waals surface area contributed by atoms with Crippen LogP contribution in [0, 0.1) is 5.82 Å². The Balaban J connectivity index is 1.68. The number of nitrogens with one attached hydrogen (secondary N) is 1. The normalized spacial score (nSPS) is 10.5. The smallest absolute Gasteiger partial charge is 0.266 e. The van der Waals surface area contributed by atoms with Crippen LogP contribution in [-0.4, -0.2) is 22.7 Å². The van der Waals surface area contributed by atoms with Crippen LogP contribution in [0.3, 0.4) is 0 Å². The summed E-state index contributed by atoms with van der Waals surface area (Å²) in [5, 5.41) is 8.72. The first-order valence-corrected chi connectivity index (χ1v) is 7.81. The first kappa shape index (κ1) is 15.2. The fourth-order valence-corrected chi connectivity index (χ4v) is 2.70. The maximum atomic E-state index is 12.9. The number of thiophene rings is 1. The number of ether oxygens (including phenoxy) is 1. The molecule has 3 rings (SSSR count). The first-order chi connectivity index (χ1) is 11.2. The summed E-state index contributed by atoms with van der Waals surface area (Å²) >= 11 is 1.57. The molecule has 0 aliphatic carbocycles. The molecule has 0 unspecified atom stereocenters. The molecule has 0 atom stereocenters. The lowest BCUT2D eigenvalue weighted by atomic mass is 10.3. The van der Waals surface area contributed by atoms with Crippen molar-refractivity contribution in [3.8, 4) is 5.75 Å². The van der Waals surface area contributed by atoms with E-state index in [4.69, 9.17) is 4.74 Å². The fraction of sp³-hybridized carbons (Fsp3) is 0.125. The Kier molecular flexibility index (Phi) is 4.68. The Labute approximate surface area is 136 Å². The van der Waals surface area contributed by atoms with Crippen LogP contribution in [0.4, 0.5) is 10.2 Å². The van der Waals surface area contributed by atoms with E-state index in [1.807, 2.05) is 17.5 Å². The summed E-state index contributed by atoms with van der Waals surface area (Å²) in [5.74, 6) is 0.401. The quantitative estimate of drug-likeness (QED) is 0.754. The van der Waals surface area contributed by atoms with E-state index in [0.29, 0.717) is 18.1 Å². The van der Waals surface area contributed by atoms with Gasteiger partial charge in [-0.2, -0.15) is 5.10 Å². The molecule has 1 N–H and O–H groups in total. The lowest BCUT2D eigenvalue weighted by molar-refractivity contribution is -0.120. The first-order valence-electron chi connectivity index (χ1n) is 6.93. The second-order valence-corrected chi connectivity index (χ2v) is 5.77. The maximum absolute atomic E-state index is 12.9. The van der Waals surface area contributed by atoms with Crippen molar-refractivity contribution in [2.24, 2.45) is 0 Å². The van der Waals surface area contributed by atoms with Crippen LogP contribution in [0.2, 0.25) is 0 Å². The van der Waals surface area contributed by atoms with Crippen LogP contribution in [0.15, 0.2) is 54.0 Å². The molecule has 0 saturated heterocycles. The number of hydrogen-bond donors (Lipinski definition) is 1. The molecule has 2 heterocycles. The predicted molar refractivity (Wildman–Crippen MR) is 86.0 cm³/mol. The van der Waals surface area contributed by atoms with Crippen LogP contribution in [0.5, 0.6) is 5.75 Å². The summed E-state index contributed by atoms with van der Waals surface area (Å²) in [5.41, 5.74) is 0. The van der Waals surface area contributed by atoms with Gasteiger partial charge in [-0.1, -0.05) is 6.07 Å². The van der Waals surface area contributed by atoms with Gasteiger partial charge >= 0.3 is 0 Å². The van der Waals surface area contributed by atoms with Gasteiger partial charge in [0.1, 0.15) is 11.6 Å². The largest absolute Gasteiger partial charge is 0.484 e. The van der Waals surface area contributed by atoms with Crippen LogP contribution in [-0.2, 0) is 11.3 Å². The number of halogens is 1. The molecule has 5 nitrogen and oxygen atoms in total. The van der Waals surface area contributed by atoms with Crippen molar-refractivity contribution in [3.05, 3.63) is 64.7 Å². The number of amides is 1. The highest BCUT2D eigenvalue weighted by molar-refractivity contribution is 7.09. The Morgan fingerprint density at radius 3 is 2.74 bits per heavy atom. The van der Waals surface area contributed by atoms with E-state index in [1.165, 1.54) is 24.3 Å². The van der Waals surface area contributed by atoms with Gasteiger partial charge in [-0.05, 0) is 35.7 Å². The van der Waals surface area contributed by atoms with Crippen molar-refractivity contribution in [1.82, 2.24) is 10.2 Å².